The third-order valence-corrected chi connectivity index (χ3v) is 6.57. The second-order valence-electron chi connectivity index (χ2n) is 9.08. The molecule has 0 unspecified atom stereocenters. The Morgan fingerprint density at radius 1 is 1.11 bits per heavy atom. The lowest BCUT2D eigenvalue weighted by Gasteiger charge is -2.32. The Bertz CT molecular complexity index is 1350. The van der Waals surface area contributed by atoms with Gasteiger partial charge in [-0.1, -0.05) is 36.7 Å². The molecule has 0 amide bonds. The van der Waals surface area contributed by atoms with Crippen LogP contribution < -0.4 is 20.3 Å². The summed E-state index contributed by atoms with van der Waals surface area (Å²) in [7, 11) is 0. The first-order chi connectivity index (χ1) is 18.0. The fourth-order valence-electron chi connectivity index (χ4n) is 4.25. The van der Waals surface area contributed by atoms with Gasteiger partial charge in [0, 0.05) is 29.7 Å². The second kappa shape index (κ2) is 11.6. The first kappa shape index (κ1) is 25.0. The molecule has 1 aliphatic heterocycles. The fourth-order valence-corrected chi connectivity index (χ4v) is 4.53. The maximum absolute atomic E-state index is 6.04. The maximum atomic E-state index is 6.04. The van der Waals surface area contributed by atoms with E-state index in [2.05, 4.69) is 27.4 Å². The topological polar surface area (TPSA) is 75.5 Å². The van der Waals surface area contributed by atoms with E-state index in [9.17, 15) is 0 Å². The zero-order valence-electron chi connectivity index (χ0n) is 20.5. The van der Waals surface area contributed by atoms with Gasteiger partial charge >= 0.3 is 0 Å². The number of thiocarbonyl (C=S) groups is 1. The molecule has 2 N–H and O–H groups in total. The quantitative estimate of drug-likeness (QED) is 0.248. The number of hydrogen-bond acceptors (Lipinski definition) is 6. The van der Waals surface area contributed by atoms with E-state index in [0.717, 1.165) is 42.4 Å². The summed E-state index contributed by atoms with van der Waals surface area (Å²) < 4.78 is 12.0. The van der Waals surface area contributed by atoms with Crippen LogP contribution >= 0.6 is 23.8 Å². The zero-order chi connectivity index (χ0) is 25.6. The van der Waals surface area contributed by atoms with Crippen molar-refractivity contribution in [3.05, 3.63) is 83.6 Å². The standard InChI is InChI=1S/C28H28ClN5O2S/c1-19-6-5-15-34(18-19)25-16-26(36-22-7-3-2-4-8-22)32-27(31-25)33-28(37)30-17-23-13-14-24(35-23)20-9-11-21(29)12-10-20/h2-4,7-14,16,19H,5-6,15,17-18H2,1H3,(H2,30,31,32,33,37)/t19-/m0/s1. The summed E-state index contributed by atoms with van der Waals surface area (Å²) >= 11 is 11.5. The van der Waals surface area contributed by atoms with Crippen molar-refractivity contribution >= 4 is 40.7 Å². The Hall–Kier alpha value is -3.62. The van der Waals surface area contributed by atoms with Crippen molar-refractivity contribution in [1.29, 1.82) is 0 Å². The largest absolute Gasteiger partial charge is 0.459 e. The molecule has 1 aliphatic rings. The smallest absolute Gasteiger partial charge is 0.234 e. The second-order valence-corrected chi connectivity index (χ2v) is 9.92. The number of rotatable bonds is 7. The molecule has 1 fully saturated rings. The number of ether oxygens (including phenoxy) is 1. The molecule has 5 rings (SSSR count). The van der Waals surface area contributed by atoms with Crippen LogP contribution in [0.5, 0.6) is 11.6 Å². The number of anilines is 2. The van der Waals surface area contributed by atoms with Crippen molar-refractivity contribution < 1.29 is 9.15 Å². The van der Waals surface area contributed by atoms with Gasteiger partial charge in [0.15, 0.2) is 5.11 Å². The number of hydrogen-bond donors (Lipinski definition) is 2. The van der Waals surface area contributed by atoms with E-state index in [1.54, 1.807) is 0 Å². The molecular formula is C28H28ClN5O2S. The van der Waals surface area contributed by atoms with Gasteiger partial charge in [-0.05, 0) is 79.5 Å². The van der Waals surface area contributed by atoms with E-state index in [-0.39, 0.29) is 0 Å². The minimum atomic E-state index is 0.375. The first-order valence-electron chi connectivity index (χ1n) is 12.3. The van der Waals surface area contributed by atoms with Gasteiger partial charge < -0.3 is 24.7 Å². The highest BCUT2D eigenvalue weighted by molar-refractivity contribution is 7.80. The van der Waals surface area contributed by atoms with Crippen LogP contribution in [0.15, 0.2) is 77.2 Å². The molecule has 1 saturated heterocycles. The summed E-state index contributed by atoms with van der Waals surface area (Å²) in [4.78, 5) is 11.6. The molecule has 3 heterocycles. The molecule has 7 nitrogen and oxygen atoms in total. The van der Waals surface area contributed by atoms with Crippen LogP contribution in [0, 0.1) is 5.92 Å². The van der Waals surface area contributed by atoms with Crippen molar-refractivity contribution in [3.8, 4) is 23.0 Å². The minimum absolute atomic E-state index is 0.375. The molecular weight excluding hydrogens is 506 g/mol. The molecule has 2 aromatic heterocycles. The van der Waals surface area contributed by atoms with Gasteiger partial charge in [0.05, 0.1) is 6.54 Å². The van der Waals surface area contributed by atoms with E-state index in [4.69, 9.17) is 38.0 Å². The Kier molecular flexibility index (Phi) is 7.87. The number of benzene rings is 2. The SMILES string of the molecule is C[C@H]1CCCN(c2cc(Oc3ccccc3)nc(NC(=S)NCc3ccc(-c4ccc(Cl)cc4)o3)n2)C1. The predicted molar refractivity (Wildman–Crippen MR) is 151 cm³/mol. The first-order valence-corrected chi connectivity index (χ1v) is 13.1. The number of halogens is 1. The van der Waals surface area contributed by atoms with Crippen LogP contribution in [0.25, 0.3) is 11.3 Å². The number of para-hydroxylation sites is 1. The number of nitrogens with one attached hydrogen (secondary N) is 2. The van der Waals surface area contributed by atoms with E-state index in [1.165, 1.54) is 6.42 Å². The lowest BCUT2D eigenvalue weighted by atomic mass is 10.0. The van der Waals surface area contributed by atoms with Gasteiger partial charge in [-0.3, -0.25) is 0 Å². The Morgan fingerprint density at radius 3 is 2.70 bits per heavy atom. The van der Waals surface area contributed by atoms with E-state index < -0.39 is 0 Å². The number of piperidine rings is 1. The number of nitrogens with zero attached hydrogens (tertiary/aromatic N) is 3. The van der Waals surface area contributed by atoms with Gasteiger partial charge in [-0.15, -0.1) is 0 Å². The maximum Gasteiger partial charge on any atom is 0.234 e. The summed E-state index contributed by atoms with van der Waals surface area (Å²) in [6.07, 6.45) is 2.35. The summed E-state index contributed by atoms with van der Waals surface area (Å²) in [6.45, 7) is 4.57. The molecule has 1 atom stereocenters. The van der Waals surface area contributed by atoms with Crippen LogP contribution in [0.4, 0.5) is 11.8 Å². The predicted octanol–water partition coefficient (Wildman–Crippen LogP) is 6.91. The van der Waals surface area contributed by atoms with Crippen molar-refractivity contribution in [2.45, 2.75) is 26.3 Å². The lowest BCUT2D eigenvalue weighted by Crippen LogP contribution is -2.35. The van der Waals surface area contributed by atoms with Crippen LogP contribution in [0.1, 0.15) is 25.5 Å². The third-order valence-electron chi connectivity index (χ3n) is 6.07. The Balaban J connectivity index is 1.27. The van der Waals surface area contributed by atoms with Crippen molar-refractivity contribution in [2.24, 2.45) is 5.92 Å². The van der Waals surface area contributed by atoms with E-state index >= 15 is 0 Å². The van der Waals surface area contributed by atoms with Crippen LogP contribution in [-0.2, 0) is 6.54 Å². The summed E-state index contributed by atoms with van der Waals surface area (Å²) in [5.41, 5.74) is 0.958. The van der Waals surface area contributed by atoms with Crippen LogP contribution in [-0.4, -0.2) is 28.2 Å². The van der Waals surface area contributed by atoms with Gasteiger partial charge in [-0.2, -0.15) is 9.97 Å². The van der Waals surface area contributed by atoms with Crippen molar-refractivity contribution in [3.63, 3.8) is 0 Å². The molecule has 37 heavy (non-hydrogen) atoms. The normalized spacial score (nSPS) is 15.3. The molecule has 0 bridgehead atoms. The minimum Gasteiger partial charge on any atom is -0.459 e. The molecule has 4 aromatic rings. The van der Waals surface area contributed by atoms with Crippen LogP contribution in [0.2, 0.25) is 5.02 Å². The van der Waals surface area contributed by atoms with E-state index in [1.807, 2.05) is 72.8 Å². The lowest BCUT2D eigenvalue weighted by molar-refractivity contribution is 0.440. The fraction of sp³-hybridized carbons (Fsp3) is 0.250. The van der Waals surface area contributed by atoms with Crippen molar-refractivity contribution in [1.82, 2.24) is 15.3 Å². The summed E-state index contributed by atoms with van der Waals surface area (Å²) in [5.74, 6) is 4.48. The summed E-state index contributed by atoms with van der Waals surface area (Å²) in [6, 6.07) is 22.8. The van der Waals surface area contributed by atoms with Gasteiger partial charge in [0.2, 0.25) is 11.8 Å². The number of aromatic nitrogens is 2. The molecule has 0 radical (unpaired) electrons. The van der Waals surface area contributed by atoms with E-state index in [0.29, 0.717) is 40.2 Å². The molecule has 190 valence electrons. The molecule has 0 aliphatic carbocycles. The highest BCUT2D eigenvalue weighted by atomic mass is 35.5. The van der Waals surface area contributed by atoms with Crippen molar-refractivity contribution in [2.75, 3.05) is 23.3 Å². The monoisotopic (exact) mass is 533 g/mol. The van der Waals surface area contributed by atoms with Crippen LogP contribution in [0.3, 0.4) is 0 Å². The Morgan fingerprint density at radius 2 is 1.92 bits per heavy atom. The molecule has 9 heteroatoms. The number of furan rings is 1. The average molecular weight is 534 g/mol. The molecule has 0 spiro atoms. The molecule has 2 aromatic carbocycles. The van der Waals surface area contributed by atoms with Gasteiger partial charge in [0.25, 0.3) is 0 Å². The molecule has 0 saturated carbocycles. The summed E-state index contributed by atoms with van der Waals surface area (Å²) in [5, 5.41) is 7.35. The third kappa shape index (κ3) is 6.78. The van der Waals surface area contributed by atoms with Gasteiger partial charge in [-0.25, -0.2) is 0 Å². The highest BCUT2D eigenvalue weighted by Gasteiger charge is 2.20. The highest BCUT2D eigenvalue weighted by Crippen LogP contribution is 2.28. The van der Waals surface area contributed by atoms with Gasteiger partial charge in [0.1, 0.15) is 23.1 Å². The average Bonchev–Trinajstić information content (AvgIpc) is 3.37. The zero-order valence-corrected chi connectivity index (χ0v) is 22.1. The Labute approximate surface area is 226 Å².